The lowest BCUT2D eigenvalue weighted by molar-refractivity contribution is 0.251. The second-order valence-electron chi connectivity index (χ2n) is 6.98. The minimum Gasteiger partial charge on any atom is -0.339 e. The lowest BCUT2D eigenvalue weighted by Gasteiger charge is -2.29. The number of nitrogens with one attached hydrogen (secondary N) is 1. The normalized spacial score (nSPS) is 34.8. The SMILES string of the molecule is CC(C)C1CCC(c2noc(C3CCNC3C)n2)CC1. The average molecular weight is 277 g/mol. The van der Waals surface area contributed by atoms with Crippen molar-refractivity contribution in [3.05, 3.63) is 11.7 Å². The summed E-state index contributed by atoms with van der Waals surface area (Å²) in [7, 11) is 0. The van der Waals surface area contributed by atoms with Crippen LogP contribution in [0, 0.1) is 11.8 Å². The highest BCUT2D eigenvalue weighted by atomic mass is 16.5. The van der Waals surface area contributed by atoms with Gasteiger partial charge in [0.25, 0.3) is 0 Å². The van der Waals surface area contributed by atoms with Gasteiger partial charge < -0.3 is 9.84 Å². The van der Waals surface area contributed by atoms with E-state index < -0.39 is 0 Å². The van der Waals surface area contributed by atoms with Crippen molar-refractivity contribution < 1.29 is 4.52 Å². The van der Waals surface area contributed by atoms with E-state index in [0.29, 0.717) is 17.9 Å². The average Bonchev–Trinajstić information content (AvgIpc) is 3.07. The molecule has 0 radical (unpaired) electrons. The molecule has 2 unspecified atom stereocenters. The Morgan fingerprint density at radius 3 is 2.50 bits per heavy atom. The van der Waals surface area contributed by atoms with Crippen LogP contribution >= 0.6 is 0 Å². The van der Waals surface area contributed by atoms with E-state index in [1.165, 1.54) is 25.7 Å². The molecule has 112 valence electrons. The van der Waals surface area contributed by atoms with Gasteiger partial charge in [0.05, 0.1) is 5.92 Å². The van der Waals surface area contributed by atoms with E-state index in [1.54, 1.807) is 0 Å². The molecule has 2 fully saturated rings. The first kappa shape index (κ1) is 14.1. The van der Waals surface area contributed by atoms with E-state index in [1.807, 2.05) is 0 Å². The summed E-state index contributed by atoms with van der Waals surface area (Å²) < 4.78 is 5.55. The van der Waals surface area contributed by atoms with Crippen molar-refractivity contribution in [3.8, 4) is 0 Å². The van der Waals surface area contributed by atoms with Gasteiger partial charge in [0, 0.05) is 12.0 Å². The first-order valence-electron chi connectivity index (χ1n) is 8.22. The summed E-state index contributed by atoms with van der Waals surface area (Å²) in [5.41, 5.74) is 0. The number of hydrogen-bond acceptors (Lipinski definition) is 4. The minimum atomic E-state index is 0.406. The van der Waals surface area contributed by atoms with Gasteiger partial charge in [-0.2, -0.15) is 4.98 Å². The molecule has 2 heterocycles. The number of aromatic nitrogens is 2. The predicted molar refractivity (Wildman–Crippen MR) is 78.7 cm³/mol. The maximum absolute atomic E-state index is 5.55. The molecule has 3 rings (SSSR count). The summed E-state index contributed by atoms with van der Waals surface area (Å²) in [6.45, 7) is 7.94. The molecular weight excluding hydrogens is 250 g/mol. The smallest absolute Gasteiger partial charge is 0.231 e. The third-order valence-corrected chi connectivity index (χ3v) is 5.38. The molecule has 20 heavy (non-hydrogen) atoms. The standard InChI is InChI=1S/C16H27N3O/c1-10(2)12-4-6-13(7-5-12)15-18-16(20-19-15)14-8-9-17-11(14)3/h10-14,17H,4-9H2,1-3H3. The molecule has 0 bridgehead atoms. The fraction of sp³-hybridized carbons (Fsp3) is 0.875. The van der Waals surface area contributed by atoms with Crippen molar-refractivity contribution in [1.29, 1.82) is 0 Å². The van der Waals surface area contributed by atoms with Crippen molar-refractivity contribution in [3.63, 3.8) is 0 Å². The summed E-state index contributed by atoms with van der Waals surface area (Å²) in [6, 6.07) is 0.458. The van der Waals surface area contributed by atoms with Gasteiger partial charge in [-0.15, -0.1) is 0 Å². The third kappa shape index (κ3) is 2.76. The first-order valence-corrected chi connectivity index (χ1v) is 8.22. The highest BCUT2D eigenvalue weighted by Crippen LogP contribution is 2.38. The second kappa shape index (κ2) is 5.84. The van der Waals surface area contributed by atoms with Crippen LogP contribution in [0.3, 0.4) is 0 Å². The van der Waals surface area contributed by atoms with Crippen molar-refractivity contribution in [2.45, 2.75) is 70.8 Å². The van der Waals surface area contributed by atoms with Crippen LogP contribution in [0.5, 0.6) is 0 Å². The van der Waals surface area contributed by atoms with E-state index in [9.17, 15) is 0 Å². The van der Waals surface area contributed by atoms with Gasteiger partial charge >= 0.3 is 0 Å². The van der Waals surface area contributed by atoms with Crippen LogP contribution in [0.15, 0.2) is 4.52 Å². The summed E-state index contributed by atoms with van der Waals surface area (Å²) >= 11 is 0. The molecule has 4 nitrogen and oxygen atoms in total. The quantitative estimate of drug-likeness (QED) is 0.919. The van der Waals surface area contributed by atoms with Crippen LogP contribution in [0.4, 0.5) is 0 Å². The Bertz CT molecular complexity index is 435. The molecule has 1 saturated carbocycles. The molecule has 0 aromatic carbocycles. The zero-order valence-electron chi connectivity index (χ0n) is 12.9. The zero-order chi connectivity index (χ0) is 14.1. The predicted octanol–water partition coefficient (Wildman–Crippen LogP) is 3.46. The summed E-state index contributed by atoms with van der Waals surface area (Å²) in [6.07, 6.45) is 6.19. The van der Waals surface area contributed by atoms with Crippen molar-refractivity contribution in [2.75, 3.05) is 6.54 Å². The molecule has 1 aliphatic heterocycles. The molecule has 1 aromatic rings. The fourth-order valence-electron chi connectivity index (χ4n) is 3.80. The molecule has 1 aliphatic carbocycles. The summed E-state index contributed by atoms with van der Waals surface area (Å²) in [5.74, 6) is 4.43. The van der Waals surface area contributed by atoms with Crippen LogP contribution in [0.1, 0.15) is 76.4 Å². The van der Waals surface area contributed by atoms with Gasteiger partial charge in [0.15, 0.2) is 5.82 Å². The Kier molecular flexibility index (Phi) is 4.11. The third-order valence-electron chi connectivity index (χ3n) is 5.38. The summed E-state index contributed by atoms with van der Waals surface area (Å²) in [5, 5.41) is 7.72. The molecule has 1 N–H and O–H groups in total. The largest absolute Gasteiger partial charge is 0.339 e. The lowest BCUT2D eigenvalue weighted by atomic mass is 9.77. The Morgan fingerprint density at radius 1 is 1.15 bits per heavy atom. The van der Waals surface area contributed by atoms with Crippen molar-refractivity contribution in [2.24, 2.45) is 11.8 Å². The number of hydrogen-bond donors (Lipinski definition) is 1. The molecule has 0 amide bonds. The molecule has 4 heteroatoms. The maximum Gasteiger partial charge on any atom is 0.231 e. The number of nitrogens with zero attached hydrogens (tertiary/aromatic N) is 2. The van der Waals surface area contributed by atoms with E-state index in [2.05, 4.69) is 31.2 Å². The van der Waals surface area contributed by atoms with Gasteiger partial charge in [0.1, 0.15) is 0 Å². The Labute approximate surface area is 121 Å². The Hall–Kier alpha value is -0.900. The van der Waals surface area contributed by atoms with E-state index >= 15 is 0 Å². The Balaban J connectivity index is 1.63. The van der Waals surface area contributed by atoms with Crippen LogP contribution in [-0.2, 0) is 0 Å². The highest BCUT2D eigenvalue weighted by molar-refractivity contribution is 5.05. The molecule has 2 atom stereocenters. The van der Waals surface area contributed by atoms with Crippen LogP contribution in [0.2, 0.25) is 0 Å². The fourth-order valence-corrected chi connectivity index (χ4v) is 3.80. The van der Waals surface area contributed by atoms with Gasteiger partial charge in [-0.25, -0.2) is 0 Å². The van der Waals surface area contributed by atoms with E-state index in [-0.39, 0.29) is 0 Å². The first-order chi connectivity index (χ1) is 9.65. The molecule has 2 aliphatic rings. The summed E-state index contributed by atoms with van der Waals surface area (Å²) in [4.78, 5) is 4.72. The minimum absolute atomic E-state index is 0.406. The monoisotopic (exact) mass is 277 g/mol. The molecule has 1 saturated heterocycles. The van der Waals surface area contributed by atoms with Gasteiger partial charge in [0.2, 0.25) is 5.89 Å². The molecule has 0 spiro atoms. The van der Waals surface area contributed by atoms with Crippen LogP contribution in [-0.4, -0.2) is 22.7 Å². The van der Waals surface area contributed by atoms with Gasteiger partial charge in [-0.3, -0.25) is 0 Å². The second-order valence-corrected chi connectivity index (χ2v) is 6.98. The Morgan fingerprint density at radius 2 is 1.90 bits per heavy atom. The van der Waals surface area contributed by atoms with Crippen molar-refractivity contribution >= 4 is 0 Å². The zero-order valence-corrected chi connectivity index (χ0v) is 12.9. The molecular formula is C16H27N3O. The van der Waals surface area contributed by atoms with E-state index in [0.717, 1.165) is 36.5 Å². The van der Waals surface area contributed by atoms with Crippen LogP contribution < -0.4 is 5.32 Å². The van der Waals surface area contributed by atoms with Gasteiger partial charge in [-0.1, -0.05) is 19.0 Å². The van der Waals surface area contributed by atoms with E-state index in [4.69, 9.17) is 9.51 Å². The highest BCUT2D eigenvalue weighted by Gasteiger charge is 2.32. The maximum atomic E-state index is 5.55. The van der Waals surface area contributed by atoms with Crippen molar-refractivity contribution in [1.82, 2.24) is 15.5 Å². The number of rotatable bonds is 3. The van der Waals surface area contributed by atoms with Gasteiger partial charge in [-0.05, 0) is 57.4 Å². The van der Waals surface area contributed by atoms with Crippen LogP contribution in [0.25, 0.3) is 0 Å². The topological polar surface area (TPSA) is 51.0 Å². The molecule has 1 aromatic heterocycles. The lowest BCUT2D eigenvalue weighted by Crippen LogP contribution is -2.22.